The number of carbonyl (C=O) groups is 1. The highest BCUT2D eigenvalue weighted by Crippen LogP contribution is 2.51. The maximum atomic E-state index is 12.3. The lowest BCUT2D eigenvalue weighted by Crippen LogP contribution is -2.35. The van der Waals surface area contributed by atoms with Crippen LogP contribution in [0.1, 0.15) is 30.1 Å². The lowest BCUT2D eigenvalue weighted by atomic mass is 10.2. The Morgan fingerprint density at radius 1 is 1.26 bits per heavy atom. The van der Waals surface area contributed by atoms with Gasteiger partial charge in [0.25, 0.3) is 5.91 Å². The molecule has 0 aliphatic heterocycles. The van der Waals surface area contributed by atoms with E-state index >= 15 is 0 Å². The van der Waals surface area contributed by atoms with Crippen molar-refractivity contribution in [2.75, 3.05) is 14.2 Å². The molecule has 0 heterocycles. The Bertz CT molecular complexity index is 441. The van der Waals surface area contributed by atoms with E-state index in [4.69, 9.17) is 9.05 Å². The van der Waals surface area contributed by atoms with E-state index in [1.165, 1.54) is 14.2 Å². The van der Waals surface area contributed by atoms with Crippen LogP contribution in [-0.2, 0) is 13.6 Å². The Morgan fingerprint density at radius 3 is 2.32 bits per heavy atom. The molecule has 0 fully saturated rings. The fourth-order valence-corrected chi connectivity index (χ4v) is 3.24. The molecule has 0 spiro atoms. The first kappa shape index (κ1) is 15.9. The summed E-state index contributed by atoms with van der Waals surface area (Å²) in [6.07, 6.45) is 1.29. The molecule has 1 atom stereocenters. The molecule has 0 aliphatic rings. The molecule has 0 radical (unpaired) electrons. The van der Waals surface area contributed by atoms with Crippen LogP contribution in [0.3, 0.4) is 0 Å². The zero-order valence-corrected chi connectivity index (χ0v) is 12.4. The molecule has 1 amide bonds. The minimum atomic E-state index is -3.31. The normalized spacial score (nSPS) is 13.0. The van der Waals surface area contributed by atoms with E-state index < -0.39 is 13.4 Å². The molecular formula is C13H20NO4P. The highest BCUT2D eigenvalue weighted by atomic mass is 31.2. The molecule has 1 N–H and O–H groups in total. The number of benzene rings is 1. The standard InChI is InChI=1S/C13H20NO4P/c1-4-8-12(19(16,17-2)18-3)14-13(15)11-9-6-5-7-10-11/h5-7,9-10,12H,4,8H2,1-3H3,(H,14,15). The SMILES string of the molecule is CCCC(NC(=O)c1ccccc1)P(=O)(OC)OC. The van der Waals surface area contributed by atoms with Crippen molar-refractivity contribution in [2.45, 2.75) is 25.5 Å². The molecule has 106 valence electrons. The average Bonchev–Trinajstić information content (AvgIpc) is 2.46. The summed E-state index contributed by atoms with van der Waals surface area (Å²) in [5.41, 5.74) is 0.516. The van der Waals surface area contributed by atoms with Crippen molar-refractivity contribution < 1.29 is 18.4 Å². The average molecular weight is 285 g/mol. The molecule has 1 unspecified atom stereocenters. The van der Waals surface area contributed by atoms with E-state index in [2.05, 4.69) is 5.32 Å². The van der Waals surface area contributed by atoms with E-state index in [9.17, 15) is 9.36 Å². The van der Waals surface area contributed by atoms with Gasteiger partial charge in [-0.1, -0.05) is 31.5 Å². The molecule has 0 aliphatic carbocycles. The number of rotatable bonds is 7. The summed E-state index contributed by atoms with van der Waals surface area (Å²) in [4.78, 5) is 12.1. The van der Waals surface area contributed by atoms with E-state index in [1.807, 2.05) is 13.0 Å². The van der Waals surface area contributed by atoms with Crippen LogP contribution < -0.4 is 5.32 Å². The summed E-state index contributed by atoms with van der Waals surface area (Å²) in [6, 6.07) is 8.77. The molecule has 1 rings (SSSR count). The molecule has 0 bridgehead atoms. The van der Waals surface area contributed by atoms with Crippen molar-refractivity contribution in [1.82, 2.24) is 5.32 Å². The highest BCUT2D eigenvalue weighted by molar-refractivity contribution is 7.54. The van der Waals surface area contributed by atoms with Crippen molar-refractivity contribution in [1.29, 1.82) is 0 Å². The number of carbonyl (C=O) groups excluding carboxylic acids is 1. The minimum absolute atomic E-state index is 0.284. The zero-order valence-electron chi connectivity index (χ0n) is 11.5. The lowest BCUT2D eigenvalue weighted by Gasteiger charge is -2.24. The monoisotopic (exact) mass is 285 g/mol. The summed E-state index contributed by atoms with van der Waals surface area (Å²) in [5.74, 6) is -0.923. The van der Waals surface area contributed by atoms with Crippen molar-refractivity contribution in [3.63, 3.8) is 0 Å². The van der Waals surface area contributed by atoms with Gasteiger partial charge in [-0.2, -0.15) is 0 Å². The van der Waals surface area contributed by atoms with Gasteiger partial charge in [0.1, 0.15) is 5.78 Å². The molecule has 0 saturated carbocycles. The van der Waals surface area contributed by atoms with E-state index in [1.54, 1.807) is 24.3 Å². The van der Waals surface area contributed by atoms with Crippen LogP contribution in [0.25, 0.3) is 0 Å². The lowest BCUT2D eigenvalue weighted by molar-refractivity contribution is 0.0939. The van der Waals surface area contributed by atoms with Gasteiger partial charge in [0.05, 0.1) is 0 Å². The Kier molecular flexibility index (Phi) is 6.22. The third kappa shape index (κ3) is 4.16. The molecule has 0 aromatic heterocycles. The maximum Gasteiger partial charge on any atom is 0.352 e. The van der Waals surface area contributed by atoms with Gasteiger partial charge in [-0.15, -0.1) is 0 Å². The quantitative estimate of drug-likeness (QED) is 0.782. The van der Waals surface area contributed by atoms with Crippen LogP contribution in [0.2, 0.25) is 0 Å². The molecule has 6 heteroatoms. The second-order valence-corrected chi connectivity index (χ2v) is 6.48. The van der Waals surface area contributed by atoms with Crippen LogP contribution in [0.4, 0.5) is 0 Å². The fourth-order valence-electron chi connectivity index (χ4n) is 1.74. The van der Waals surface area contributed by atoms with E-state index in [-0.39, 0.29) is 5.91 Å². The van der Waals surface area contributed by atoms with Crippen LogP contribution in [0.15, 0.2) is 30.3 Å². The summed E-state index contributed by atoms with van der Waals surface area (Å²) in [7, 11) is -0.672. The maximum absolute atomic E-state index is 12.3. The summed E-state index contributed by atoms with van der Waals surface area (Å²) in [5, 5.41) is 2.72. The largest absolute Gasteiger partial charge is 0.352 e. The van der Waals surface area contributed by atoms with Gasteiger partial charge >= 0.3 is 7.60 Å². The Balaban J connectivity index is 2.85. The van der Waals surface area contributed by atoms with Gasteiger partial charge in [0.2, 0.25) is 0 Å². The van der Waals surface area contributed by atoms with Gasteiger partial charge in [0, 0.05) is 19.8 Å². The molecule has 5 nitrogen and oxygen atoms in total. The first-order valence-corrected chi connectivity index (χ1v) is 7.75. The van der Waals surface area contributed by atoms with Crippen LogP contribution >= 0.6 is 7.60 Å². The molecule has 1 aromatic carbocycles. The molecule has 1 aromatic rings. The Morgan fingerprint density at radius 2 is 1.84 bits per heavy atom. The van der Waals surface area contributed by atoms with Gasteiger partial charge in [0.15, 0.2) is 0 Å². The number of hydrogen-bond donors (Lipinski definition) is 1. The van der Waals surface area contributed by atoms with Gasteiger partial charge in [-0.3, -0.25) is 9.36 Å². The summed E-state index contributed by atoms with van der Waals surface area (Å²) >= 11 is 0. The van der Waals surface area contributed by atoms with Crippen molar-refractivity contribution in [3.8, 4) is 0 Å². The summed E-state index contributed by atoms with van der Waals surface area (Å²) < 4.78 is 22.3. The molecular weight excluding hydrogens is 265 g/mol. The topological polar surface area (TPSA) is 64.6 Å². The molecule has 19 heavy (non-hydrogen) atoms. The van der Waals surface area contributed by atoms with E-state index in [0.717, 1.165) is 6.42 Å². The molecule has 0 saturated heterocycles. The first-order chi connectivity index (χ1) is 9.07. The zero-order chi connectivity index (χ0) is 14.3. The van der Waals surface area contributed by atoms with E-state index in [0.29, 0.717) is 12.0 Å². The predicted octanol–water partition coefficient (Wildman–Crippen LogP) is 3.03. The van der Waals surface area contributed by atoms with Gasteiger partial charge in [-0.25, -0.2) is 0 Å². The van der Waals surface area contributed by atoms with Crippen LogP contribution in [0.5, 0.6) is 0 Å². The number of nitrogens with one attached hydrogen (secondary N) is 1. The first-order valence-electron chi connectivity index (χ1n) is 6.14. The minimum Gasteiger partial charge on any atom is -0.338 e. The Labute approximate surface area is 113 Å². The third-order valence-electron chi connectivity index (χ3n) is 2.79. The highest BCUT2D eigenvalue weighted by Gasteiger charge is 2.34. The van der Waals surface area contributed by atoms with Gasteiger partial charge in [-0.05, 0) is 18.6 Å². The summed E-state index contributed by atoms with van der Waals surface area (Å²) in [6.45, 7) is 1.94. The number of hydrogen-bond acceptors (Lipinski definition) is 4. The predicted molar refractivity (Wildman–Crippen MR) is 74.2 cm³/mol. The smallest absolute Gasteiger partial charge is 0.338 e. The van der Waals surface area contributed by atoms with Crippen molar-refractivity contribution in [2.24, 2.45) is 0 Å². The van der Waals surface area contributed by atoms with Crippen LogP contribution in [0, 0.1) is 0 Å². The van der Waals surface area contributed by atoms with Crippen LogP contribution in [-0.4, -0.2) is 25.9 Å². The fraction of sp³-hybridized carbons (Fsp3) is 0.462. The Hall–Kier alpha value is -1.16. The second kappa shape index (κ2) is 7.43. The second-order valence-electron chi connectivity index (χ2n) is 4.05. The number of amides is 1. The van der Waals surface area contributed by atoms with Crippen molar-refractivity contribution in [3.05, 3.63) is 35.9 Å². The van der Waals surface area contributed by atoms with Crippen molar-refractivity contribution >= 4 is 13.5 Å². The van der Waals surface area contributed by atoms with Gasteiger partial charge < -0.3 is 14.4 Å². The third-order valence-corrected chi connectivity index (χ3v) is 4.96.